The fourth-order valence-electron chi connectivity index (χ4n) is 10.4. The number of anilines is 1. The Morgan fingerprint density at radius 3 is 2.39 bits per heavy atom. The first-order chi connectivity index (χ1) is 27.2. The lowest BCUT2D eigenvalue weighted by molar-refractivity contribution is -0.149. The van der Waals surface area contributed by atoms with E-state index < -0.39 is 24.0 Å². The first-order valence-corrected chi connectivity index (χ1v) is 22.2. The van der Waals surface area contributed by atoms with Crippen molar-refractivity contribution in [3.63, 3.8) is 0 Å². The Morgan fingerprint density at radius 1 is 1.04 bits per heavy atom. The van der Waals surface area contributed by atoms with Crippen LogP contribution in [-0.2, 0) is 35.1 Å². The van der Waals surface area contributed by atoms with Gasteiger partial charge in [0, 0.05) is 81.7 Å². The predicted molar refractivity (Wildman–Crippen MR) is 226 cm³/mol. The van der Waals surface area contributed by atoms with Crippen molar-refractivity contribution in [2.75, 3.05) is 40.6 Å². The number of nitrogen functional groups attached to an aromatic ring is 1. The molecule has 5 rings (SSSR count). The summed E-state index contributed by atoms with van der Waals surface area (Å²) in [6, 6.07) is 7.49. The average Bonchev–Trinajstić information content (AvgIpc) is 4.02. The molecule has 2 amide bonds. The molecule has 3 aliphatic rings. The number of carbonyl (C=O) groups is 4. The second-order valence-corrected chi connectivity index (χ2v) is 18.6. The minimum Gasteiger partial charge on any atom is -0.399 e. The monoisotopic (exact) mass is 807 g/mol. The van der Waals surface area contributed by atoms with Gasteiger partial charge in [-0.3, -0.25) is 24.1 Å². The molecule has 57 heavy (non-hydrogen) atoms. The fourth-order valence-corrected chi connectivity index (χ4v) is 11.1. The molecule has 3 heterocycles. The number of nitrogens with two attached hydrogens (primary N) is 1. The number of nitrogens with zero attached hydrogens (tertiary/aromatic N) is 4. The van der Waals surface area contributed by atoms with Gasteiger partial charge in [-0.1, -0.05) is 53.2 Å². The Balaban J connectivity index is 1.27. The van der Waals surface area contributed by atoms with Crippen LogP contribution in [0, 0.1) is 29.6 Å². The minimum atomic E-state index is -0.561. The Kier molecular flexibility index (Phi) is 15.9. The molecule has 1 aliphatic carbocycles. The molecule has 316 valence electrons. The van der Waals surface area contributed by atoms with Gasteiger partial charge < -0.3 is 25.0 Å². The second kappa shape index (κ2) is 20.2. The fraction of sp³-hybridized carbons (Fsp3) is 0.711. The number of ketones is 2. The van der Waals surface area contributed by atoms with E-state index in [4.69, 9.17) is 15.2 Å². The van der Waals surface area contributed by atoms with Gasteiger partial charge >= 0.3 is 0 Å². The summed E-state index contributed by atoms with van der Waals surface area (Å²) in [6.45, 7) is 10.7. The number of carbonyl (C=O) groups excluding carboxylic acids is 4. The summed E-state index contributed by atoms with van der Waals surface area (Å²) >= 11 is 1.55. The van der Waals surface area contributed by atoms with E-state index in [0.717, 1.165) is 49.1 Å². The first kappa shape index (κ1) is 44.9. The van der Waals surface area contributed by atoms with E-state index >= 15 is 0 Å². The van der Waals surface area contributed by atoms with Crippen molar-refractivity contribution in [2.45, 2.75) is 141 Å². The van der Waals surface area contributed by atoms with Crippen LogP contribution in [0.25, 0.3) is 0 Å². The van der Waals surface area contributed by atoms with Crippen LogP contribution < -0.4 is 5.73 Å². The largest absolute Gasteiger partial charge is 0.399 e. The summed E-state index contributed by atoms with van der Waals surface area (Å²) in [5.41, 5.74) is 7.82. The van der Waals surface area contributed by atoms with Crippen LogP contribution in [-0.4, -0.2) is 114 Å². The van der Waals surface area contributed by atoms with Crippen molar-refractivity contribution >= 4 is 40.4 Å². The number of hydrogen-bond donors (Lipinski definition) is 1. The van der Waals surface area contributed by atoms with Crippen molar-refractivity contribution in [3.05, 3.63) is 46.4 Å². The van der Waals surface area contributed by atoms with E-state index in [1.165, 1.54) is 0 Å². The van der Waals surface area contributed by atoms with Crippen molar-refractivity contribution in [1.82, 2.24) is 19.7 Å². The molecule has 0 spiro atoms. The summed E-state index contributed by atoms with van der Waals surface area (Å²) in [7, 11) is 7.12. The van der Waals surface area contributed by atoms with E-state index in [1.807, 2.05) is 62.4 Å². The van der Waals surface area contributed by atoms with Gasteiger partial charge in [-0.25, -0.2) is 4.98 Å². The van der Waals surface area contributed by atoms with Crippen molar-refractivity contribution in [3.8, 4) is 0 Å². The summed E-state index contributed by atoms with van der Waals surface area (Å²) in [4.78, 5) is 67.2. The van der Waals surface area contributed by atoms with Crippen LogP contribution in [0.1, 0.15) is 109 Å². The van der Waals surface area contributed by atoms with Crippen molar-refractivity contribution < 1.29 is 28.7 Å². The second-order valence-electron chi connectivity index (χ2n) is 17.6. The molecule has 0 radical (unpaired) electrons. The standard InChI is InChI=1S/C45H69N5O6S/c1-10-28(4)41(49(7)45(54)35(27(2)3)25-38(52)42-31-16-17-34(23-31)48(42)6)39(55-8)26-40(53)50-19-12-15-36(50)43(56-9)29(5)37(51)24-32(44-47-18-20-57-44)21-30-13-11-14-33(46)22-30/h11,13-14,18,20,22,27-29,31-32,34-36,39,41-43H,10,12,15-17,19,21,23-26,46H2,1-9H3. The smallest absolute Gasteiger partial charge is 0.226 e. The maximum Gasteiger partial charge on any atom is 0.226 e. The highest BCUT2D eigenvalue weighted by molar-refractivity contribution is 7.09. The Bertz CT molecular complexity index is 1650. The number of aromatic nitrogens is 1. The molecule has 12 heteroatoms. The number of Topliss-reactive ketones (excluding diaryl/α,β-unsaturated/α-hetero) is 2. The van der Waals surface area contributed by atoms with E-state index in [9.17, 15) is 19.2 Å². The van der Waals surface area contributed by atoms with E-state index in [2.05, 4.69) is 30.8 Å². The summed E-state index contributed by atoms with van der Waals surface area (Å²) in [5, 5.41) is 2.85. The molecule has 1 aromatic heterocycles. The van der Waals surface area contributed by atoms with Gasteiger partial charge in [0.2, 0.25) is 11.8 Å². The number of fused-ring (bicyclic) bond motifs is 2. The van der Waals surface area contributed by atoms with Gasteiger partial charge in [0.1, 0.15) is 5.78 Å². The van der Waals surface area contributed by atoms with Gasteiger partial charge in [0.25, 0.3) is 0 Å². The van der Waals surface area contributed by atoms with Crippen LogP contribution in [0.3, 0.4) is 0 Å². The number of amides is 2. The maximum absolute atomic E-state index is 14.4. The summed E-state index contributed by atoms with van der Waals surface area (Å²) < 4.78 is 12.2. The number of thiazole rings is 1. The molecular weight excluding hydrogens is 739 g/mol. The van der Waals surface area contributed by atoms with Gasteiger partial charge in [-0.05, 0) is 81.0 Å². The van der Waals surface area contributed by atoms with Gasteiger partial charge in [0.05, 0.1) is 41.8 Å². The molecule has 11 atom stereocenters. The highest BCUT2D eigenvalue weighted by Gasteiger charge is 2.48. The Labute approximate surface area is 345 Å². The average molecular weight is 808 g/mol. The lowest BCUT2D eigenvalue weighted by Crippen LogP contribution is -2.54. The van der Waals surface area contributed by atoms with E-state index in [-0.39, 0.29) is 72.1 Å². The van der Waals surface area contributed by atoms with E-state index in [0.29, 0.717) is 37.0 Å². The van der Waals surface area contributed by atoms with Crippen LogP contribution in [0.5, 0.6) is 0 Å². The zero-order valence-corrected chi connectivity index (χ0v) is 36.7. The summed E-state index contributed by atoms with van der Waals surface area (Å²) in [6.07, 6.45) is 7.61. The van der Waals surface area contributed by atoms with Crippen molar-refractivity contribution in [1.29, 1.82) is 0 Å². The lowest BCUT2D eigenvalue weighted by Gasteiger charge is -2.41. The SMILES string of the molecule is CCC(C)C(C(CC(=O)N1CCCC1C(OC)C(C)C(=O)CC(Cc1cccc(N)c1)c1nccs1)OC)N(C)C(=O)C(CC(=O)C1C2CCC(C2)N1C)C(C)C. The number of likely N-dealkylation sites (N-methyl/N-ethyl adjacent to an activating group) is 2. The molecule has 11 nitrogen and oxygen atoms in total. The summed E-state index contributed by atoms with van der Waals surface area (Å²) in [5.74, 6) is -0.518. The number of ether oxygens (including phenoxy) is 2. The minimum absolute atomic E-state index is 0.0250. The molecule has 1 saturated carbocycles. The van der Waals surface area contributed by atoms with E-state index in [1.54, 1.807) is 36.7 Å². The lowest BCUT2D eigenvalue weighted by atomic mass is 9.83. The number of rotatable bonds is 21. The number of likely N-dealkylation sites (tertiary alicyclic amines) is 2. The first-order valence-electron chi connectivity index (χ1n) is 21.3. The Hall–Kier alpha value is -3.19. The number of methoxy groups -OCH3 is 2. The number of piperidine rings is 1. The van der Waals surface area contributed by atoms with Crippen molar-refractivity contribution in [2.24, 2.45) is 29.6 Å². The molecule has 2 N–H and O–H groups in total. The third-order valence-corrected chi connectivity index (χ3v) is 14.8. The molecule has 3 fully saturated rings. The number of hydrogen-bond acceptors (Lipinski definition) is 10. The topological polar surface area (TPSA) is 135 Å². The van der Waals surface area contributed by atoms with Gasteiger partial charge in [-0.15, -0.1) is 11.3 Å². The third-order valence-electron chi connectivity index (χ3n) is 13.8. The Morgan fingerprint density at radius 2 is 1.79 bits per heavy atom. The van der Waals surface area contributed by atoms with Crippen LogP contribution in [0.15, 0.2) is 35.8 Å². The molecule has 2 aromatic rings. The molecular formula is C45H69N5O6S. The zero-order valence-electron chi connectivity index (χ0n) is 35.9. The quantitative estimate of drug-likeness (QED) is 0.138. The molecule has 11 unspecified atom stereocenters. The maximum atomic E-state index is 14.4. The van der Waals surface area contributed by atoms with Crippen LogP contribution >= 0.6 is 11.3 Å². The van der Waals surface area contributed by atoms with Crippen LogP contribution in [0.2, 0.25) is 0 Å². The van der Waals surface area contributed by atoms with Gasteiger partial charge in [-0.2, -0.15) is 0 Å². The highest BCUT2D eigenvalue weighted by atomic mass is 32.1. The normalized spacial score (nSPS) is 24.6. The third kappa shape index (κ3) is 10.3. The molecule has 2 bridgehead atoms. The number of benzene rings is 1. The highest BCUT2D eigenvalue weighted by Crippen LogP contribution is 2.43. The predicted octanol–water partition coefficient (Wildman–Crippen LogP) is 6.65. The van der Waals surface area contributed by atoms with Gasteiger partial charge in [0.15, 0.2) is 5.78 Å². The van der Waals surface area contributed by atoms with Crippen LogP contribution in [0.4, 0.5) is 5.69 Å². The molecule has 2 saturated heterocycles. The molecule has 1 aromatic carbocycles. The zero-order chi connectivity index (χ0) is 41.6. The molecule has 2 aliphatic heterocycles.